The van der Waals surface area contributed by atoms with Crippen LogP contribution in [0.1, 0.15) is 31.9 Å². The number of carbonyl (C=O) groups excluding carboxylic acids is 1. The third-order valence-electron chi connectivity index (χ3n) is 3.63. The van der Waals surface area contributed by atoms with E-state index in [0.29, 0.717) is 19.7 Å². The zero-order valence-electron chi connectivity index (χ0n) is 13.3. The van der Waals surface area contributed by atoms with E-state index in [-0.39, 0.29) is 30.3 Å². The van der Waals surface area contributed by atoms with E-state index >= 15 is 0 Å². The molecule has 2 atom stereocenters. The molecule has 0 radical (unpaired) electrons. The Labute approximate surface area is 138 Å². The number of fused-ring (bicyclic) bond motifs is 1. The Bertz CT molecular complexity index is 522. The topological polar surface area (TPSA) is 73.6 Å². The Morgan fingerprint density at radius 1 is 1.55 bits per heavy atom. The number of ether oxygens (including phenoxy) is 2. The second kappa shape index (κ2) is 8.25. The molecule has 2 unspecified atom stereocenters. The van der Waals surface area contributed by atoms with E-state index < -0.39 is 0 Å². The fraction of sp³-hybridized carbons (Fsp3) is 0.562. The first-order valence-electron chi connectivity index (χ1n) is 7.48. The van der Waals surface area contributed by atoms with Gasteiger partial charge in [-0.15, -0.1) is 12.4 Å². The molecule has 1 aromatic rings. The molecule has 124 valence electrons. The lowest BCUT2D eigenvalue weighted by molar-refractivity contribution is -0.124. The quantitative estimate of drug-likeness (QED) is 0.838. The zero-order valence-corrected chi connectivity index (χ0v) is 14.2. The lowest BCUT2D eigenvalue weighted by Gasteiger charge is -2.14. The highest BCUT2D eigenvalue weighted by atomic mass is 35.5. The second-order valence-corrected chi connectivity index (χ2v) is 5.49. The van der Waals surface area contributed by atoms with Crippen LogP contribution < -0.4 is 20.5 Å². The van der Waals surface area contributed by atoms with Crippen LogP contribution in [0.4, 0.5) is 0 Å². The number of hydrogen-bond acceptors (Lipinski definition) is 4. The molecular formula is C16H25ClN2O3. The second-order valence-electron chi connectivity index (χ2n) is 5.49. The maximum absolute atomic E-state index is 11.8. The Kier molecular flexibility index (Phi) is 6.97. The molecule has 0 spiro atoms. The first-order valence-corrected chi connectivity index (χ1v) is 7.48. The Balaban J connectivity index is 0.00000242. The van der Waals surface area contributed by atoms with Crippen molar-refractivity contribution in [1.29, 1.82) is 0 Å². The van der Waals surface area contributed by atoms with Gasteiger partial charge < -0.3 is 20.5 Å². The van der Waals surface area contributed by atoms with Crippen LogP contribution in [0.3, 0.4) is 0 Å². The van der Waals surface area contributed by atoms with Crippen LogP contribution in [-0.2, 0) is 17.8 Å². The summed E-state index contributed by atoms with van der Waals surface area (Å²) < 4.78 is 11.5. The molecule has 3 N–H and O–H groups in total. The number of hydrogen-bond donors (Lipinski definition) is 2. The summed E-state index contributed by atoms with van der Waals surface area (Å²) in [6, 6.07) is 3.99. The molecule has 1 aromatic carbocycles. The normalized spacial score (nSPS) is 17.0. The van der Waals surface area contributed by atoms with E-state index in [0.717, 1.165) is 29.0 Å². The first kappa shape index (κ1) is 18.6. The summed E-state index contributed by atoms with van der Waals surface area (Å²) >= 11 is 0. The van der Waals surface area contributed by atoms with E-state index in [1.54, 1.807) is 0 Å². The van der Waals surface area contributed by atoms with Gasteiger partial charge in [-0.3, -0.25) is 4.79 Å². The standard InChI is InChI=1S/C16H24N2O3.ClH/c1-4-20-14-6-12-5-11(3)21-15(12)7-13(14)9-18-16(19)10(2)8-17;/h6-7,10-11H,4-5,8-9,17H2,1-3H3,(H,18,19);1H. The smallest absolute Gasteiger partial charge is 0.224 e. The largest absolute Gasteiger partial charge is 0.494 e. The summed E-state index contributed by atoms with van der Waals surface area (Å²) in [5, 5.41) is 2.90. The third-order valence-corrected chi connectivity index (χ3v) is 3.63. The molecule has 22 heavy (non-hydrogen) atoms. The summed E-state index contributed by atoms with van der Waals surface area (Å²) in [6.07, 6.45) is 1.09. The highest BCUT2D eigenvalue weighted by molar-refractivity contribution is 5.85. The summed E-state index contributed by atoms with van der Waals surface area (Å²) in [5.41, 5.74) is 7.60. The number of halogens is 1. The van der Waals surface area contributed by atoms with Crippen LogP contribution in [0, 0.1) is 5.92 Å². The number of amides is 1. The predicted molar refractivity (Wildman–Crippen MR) is 88.7 cm³/mol. The van der Waals surface area contributed by atoms with Gasteiger partial charge in [-0.1, -0.05) is 6.92 Å². The molecule has 1 heterocycles. The lowest BCUT2D eigenvalue weighted by atomic mass is 10.1. The molecule has 0 fully saturated rings. The zero-order chi connectivity index (χ0) is 15.4. The minimum Gasteiger partial charge on any atom is -0.494 e. The van der Waals surface area contributed by atoms with Crippen molar-refractivity contribution in [2.45, 2.75) is 39.8 Å². The van der Waals surface area contributed by atoms with Gasteiger partial charge in [0.25, 0.3) is 0 Å². The van der Waals surface area contributed by atoms with Crippen molar-refractivity contribution in [3.05, 3.63) is 23.3 Å². The SMILES string of the molecule is CCOc1cc2c(cc1CNC(=O)C(C)CN)OC(C)C2.Cl. The van der Waals surface area contributed by atoms with Crippen molar-refractivity contribution in [2.24, 2.45) is 11.7 Å². The lowest BCUT2D eigenvalue weighted by Crippen LogP contribution is -2.32. The van der Waals surface area contributed by atoms with Crippen molar-refractivity contribution in [1.82, 2.24) is 5.32 Å². The third kappa shape index (κ3) is 4.27. The van der Waals surface area contributed by atoms with Gasteiger partial charge in [0.05, 0.1) is 6.61 Å². The molecule has 1 aliphatic rings. The number of benzene rings is 1. The van der Waals surface area contributed by atoms with Crippen LogP contribution in [0.2, 0.25) is 0 Å². The maximum Gasteiger partial charge on any atom is 0.224 e. The van der Waals surface area contributed by atoms with Crippen LogP contribution in [-0.4, -0.2) is 25.2 Å². The first-order chi connectivity index (χ1) is 10.0. The fourth-order valence-electron chi connectivity index (χ4n) is 2.37. The van der Waals surface area contributed by atoms with Crippen LogP contribution in [0.25, 0.3) is 0 Å². The summed E-state index contributed by atoms with van der Waals surface area (Å²) in [7, 11) is 0. The Morgan fingerprint density at radius 2 is 2.27 bits per heavy atom. The van der Waals surface area contributed by atoms with E-state index in [1.165, 1.54) is 0 Å². The van der Waals surface area contributed by atoms with E-state index in [2.05, 4.69) is 5.32 Å². The summed E-state index contributed by atoms with van der Waals surface area (Å²) in [5.74, 6) is 1.47. The molecule has 2 rings (SSSR count). The number of nitrogens with two attached hydrogens (primary N) is 1. The van der Waals surface area contributed by atoms with Crippen molar-refractivity contribution in [2.75, 3.05) is 13.2 Å². The molecule has 6 heteroatoms. The van der Waals surface area contributed by atoms with Crippen LogP contribution in [0.15, 0.2) is 12.1 Å². The molecule has 0 saturated heterocycles. The molecule has 0 saturated carbocycles. The highest BCUT2D eigenvalue weighted by Gasteiger charge is 2.22. The number of rotatable bonds is 6. The van der Waals surface area contributed by atoms with Gasteiger partial charge in [0.1, 0.15) is 17.6 Å². The molecule has 0 aliphatic carbocycles. The van der Waals surface area contributed by atoms with E-state index in [1.807, 2.05) is 32.9 Å². The average Bonchev–Trinajstić information content (AvgIpc) is 2.82. The van der Waals surface area contributed by atoms with Crippen LogP contribution >= 0.6 is 12.4 Å². The van der Waals surface area contributed by atoms with Gasteiger partial charge in [-0.2, -0.15) is 0 Å². The van der Waals surface area contributed by atoms with Gasteiger partial charge in [0, 0.05) is 36.6 Å². The molecule has 1 aliphatic heterocycles. The summed E-state index contributed by atoms with van der Waals surface area (Å²) in [6.45, 7) is 7.16. The molecule has 0 bridgehead atoms. The van der Waals surface area contributed by atoms with Crippen molar-refractivity contribution < 1.29 is 14.3 Å². The minimum absolute atomic E-state index is 0. The molecule has 5 nitrogen and oxygen atoms in total. The van der Waals surface area contributed by atoms with Gasteiger partial charge in [0.2, 0.25) is 5.91 Å². The molecule has 1 amide bonds. The van der Waals surface area contributed by atoms with Crippen LogP contribution in [0.5, 0.6) is 11.5 Å². The van der Waals surface area contributed by atoms with Crippen molar-refractivity contribution >= 4 is 18.3 Å². The Hall–Kier alpha value is -1.46. The Morgan fingerprint density at radius 3 is 2.91 bits per heavy atom. The van der Waals surface area contributed by atoms with Gasteiger partial charge >= 0.3 is 0 Å². The highest BCUT2D eigenvalue weighted by Crippen LogP contribution is 2.35. The fourth-order valence-corrected chi connectivity index (χ4v) is 2.37. The van der Waals surface area contributed by atoms with E-state index in [4.69, 9.17) is 15.2 Å². The van der Waals surface area contributed by atoms with Gasteiger partial charge in [-0.25, -0.2) is 0 Å². The van der Waals surface area contributed by atoms with Crippen molar-refractivity contribution in [3.8, 4) is 11.5 Å². The summed E-state index contributed by atoms with van der Waals surface area (Å²) in [4.78, 5) is 11.8. The van der Waals surface area contributed by atoms with Crippen molar-refractivity contribution in [3.63, 3.8) is 0 Å². The molecular weight excluding hydrogens is 304 g/mol. The number of nitrogens with one attached hydrogen (secondary N) is 1. The number of carbonyl (C=O) groups is 1. The maximum atomic E-state index is 11.8. The van der Waals surface area contributed by atoms with Gasteiger partial charge in [-0.05, 0) is 26.0 Å². The monoisotopic (exact) mass is 328 g/mol. The van der Waals surface area contributed by atoms with E-state index in [9.17, 15) is 4.79 Å². The minimum atomic E-state index is -0.189. The average molecular weight is 329 g/mol. The van der Waals surface area contributed by atoms with Gasteiger partial charge in [0.15, 0.2) is 0 Å². The molecule has 0 aromatic heterocycles. The predicted octanol–water partition coefficient (Wildman–Crippen LogP) is 2.04.